The summed E-state index contributed by atoms with van der Waals surface area (Å²) in [5, 5.41) is 0. The van der Waals surface area contributed by atoms with Gasteiger partial charge < -0.3 is 10.6 Å². The van der Waals surface area contributed by atoms with Crippen molar-refractivity contribution < 1.29 is 8.42 Å². The number of aliphatic imine (C=N–C) groups is 1. The van der Waals surface area contributed by atoms with Crippen LogP contribution in [0, 0.1) is 0 Å². The van der Waals surface area contributed by atoms with Crippen LogP contribution in [0.1, 0.15) is 19.3 Å². The first-order chi connectivity index (χ1) is 10.1. The lowest BCUT2D eigenvalue weighted by Gasteiger charge is -2.27. The summed E-state index contributed by atoms with van der Waals surface area (Å²) in [7, 11) is -3.52. The molecule has 1 aromatic rings. The van der Waals surface area contributed by atoms with Gasteiger partial charge in [-0.3, -0.25) is 9.98 Å². The number of hydrogen-bond donors (Lipinski definition) is 2. The van der Waals surface area contributed by atoms with Gasteiger partial charge in [0.05, 0.1) is 6.54 Å². The average Bonchev–Trinajstić information content (AvgIpc) is 2.53. The molecule has 1 saturated heterocycles. The Labute approximate surface area is 148 Å². The van der Waals surface area contributed by atoms with Gasteiger partial charge in [0.1, 0.15) is 4.90 Å². The van der Waals surface area contributed by atoms with Crippen molar-refractivity contribution in [3.8, 4) is 0 Å². The van der Waals surface area contributed by atoms with Gasteiger partial charge in [-0.1, -0.05) is 0 Å². The largest absolute Gasteiger partial charge is 0.370 e. The van der Waals surface area contributed by atoms with Crippen LogP contribution in [0.25, 0.3) is 0 Å². The van der Waals surface area contributed by atoms with Crippen molar-refractivity contribution in [2.24, 2.45) is 10.7 Å². The SMILES string of the molecule is I.NC(=NCCNS(=O)(=O)c1cccnc1)N1CCCCC1. The number of hydrogen-bond acceptors (Lipinski definition) is 4. The number of pyridine rings is 1. The van der Waals surface area contributed by atoms with Crippen LogP contribution in [0.2, 0.25) is 0 Å². The smallest absolute Gasteiger partial charge is 0.242 e. The van der Waals surface area contributed by atoms with E-state index in [-0.39, 0.29) is 35.4 Å². The van der Waals surface area contributed by atoms with E-state index in [2.05, 4.69) is 14.7 Å². The molecule has 124 valence electrons. The minimum Gasteiger partial charge on any atom is -0.370 e. The maximum atomic E-state index is 11.9. The number of piperidine rings is 1. The Morgan fingerprint density at radius 3 is 2.73 bits per heavy atom. The Kier molecular flexibility index (Phi) is 8.04. The highest BCUT2D eigenvalue weighted by atomic mass is 127. The summed E-state index contributed by atoms with van der Waals surface area (Å²) in [5.74, 6) is 0.496. The fourth-order valence-corrected chi connectivity index (χ4v) is 3.15. The number of likely N-dealkylation sites (tertiary alicyclic amines) is 1. The van der Waals surface area contributed by atoms with Crippen LogP contribution in [0.5, 0.6) is 0 Å². The van der Waals surface area contributed by atoms with Crippen LogP contribution in [0.3, 0.4) is 0 Å². The third-order valence-electron chi connectivity index (χ3n) is 3.30. The molecular formula is C13H22IN5O2S. The molecule has 1 aliphatic heterocycles. The summed E-state index contributed by atoms with van der Waals surface area (Å²) >= 11 is 0. The molecule has 1 aromatic heterocycles. The number of nitrogens with zero attached hydrogens (tertiary/aromatic N) is 3. The summed E-state index contributed by atoms with van der Waals surface area (Å²) in [5.41, 5.74) is 5.90. The summed E-state index contributed by atoms with van der Waals surface area (Å²) < 4.78 is 26.4. The lowest BCUT2D eigenvalue weighted by atomic mass is 10.1. The van der Waals surface area contributed by atoms with Crippen LogP contribution >= 0.6 is 24.0 Å². The minimum atomic E-state index is -3.52. The van der Waals surface area contributed by atoms with Gasteiger partial charge in [-0.25, -0.2) is 13.1 Å². The average molecular weight is 439 g/mol. The van der Waals surface area contributed by atoms with Crippen molar-refractivity contribution in [2.45, 2.75) is 24.2 Å². The molecule has 3 N–H and O–H groups in total. The minimum absolute atomic E-state index is 0. The molecule has 0 atom stereocenters. The number of guanidine groups is 1. The molecule has 22 heavy (non-hydrogen) atoms. The fourth-order valence-electron chi connectivity index (χ4n) is 2.16. The van der Waals surface area contributed by atoms with Crippen molar-refractivity contribution in [2.75, 3.05) is 26.2 Å². The van der Waals surface area contributed by atoms with Crippen molar-refractivity contribution in [3.63, 3.8) is 0 Å². The standard InChI is InChI=1S/C13H21N5O2S.HI/c14-13(18-9-2-1-3-10-18)16-7-8-17-21(19,20)12-5-4-6-15-11-12;/h4-6,11,17H,1-3,7-10H2,(H2,14,16);1H. The Morgan fingerprint density at radius 1 is 1.36 bits per heavy atom. The van der Waals surface area contributed by atoms with Gasteiger partial charge in [0.15, 0.2) is 5.96 Å². The van der Waals surface area contributed by atoms with Crippen LogP contribution in [-0.2, 0) is 10.0 Å². The van der Waals surface area contributed by atoms with Crippen LogP contribution in [0.4, 0.5) is 0 Å². The second kappa shape index (κ2) is 9.26. The molecule has 0 aliphatic carbocycles. The highest BCUT2D eigenvalue weighted by Crippen LogP contribution is 2.08. The zero-order valence-electron chi connectivity index (χ0n) is 12.3. The monoisotopic (exact) mass is 439 g/mol. The molecule has 0 unspecified atom stereocenters. The second-order valence-corrected chi connectivity index (χ2v) is 6.64. The predicted octanol–water partition coefficient (Wildman–Crippen LogP) is 0.778. The topological polar surface area (TPSA) is 101 Å². The molecular weight excluding hydrogens is 417 g/mol. The number of nitrogens with two attached hydrogens (primary N) is 1. The van der Waals surface area contributed by atoms with Gasteiger partial charge in [-0.15, -0.1) is 24.0 Å². The molecule has 0 spiro atoms. The lowest BCUT2D eigenvalue weighted by molar-refractivity contribution is 0.338. The molecule has 9 heteroatoms. The number of rotatable bonds is 5. The Bertz CT molecular complexity index is 573. The van der Waals surface area contributed by atoms with E-state index in [0.717, 1.165) is 25.9 Å². The second-order valence-electron chi connectivity index (χ2n) is 4.87. The van der Waals surface area contributed by atoms with Crippen LogP contribution in [-0.4, -0.2) is 50.4 Å². The molecule has 0 aromatic carbocycles. The van der Waals surface area contributed by atoms with Gasteiger partial charge in [0.2, 0.25) is 10.0 Å². The van der Waals surface area contributed by atoms with E-state index < -0.39 is 10.0 Å². The van der Waals surface area contributed by atoms with E-state index in [9.17, 15) is 8.42 Å². The predicted molar refractivity (Wildman–Crippen MR) is 96.8 cm³/mol. The maximum absolute atomic E-state index is 11.9. The molecule has 1 aliphatic rings. The number of nitrogens with one attached hydrogen (secondary N) is 1. The van der Waals surface area contributed by atoms with Gasteiger partial charge >= 0.3 is 0 Å². The quantitative estimate of drug-likeness (QED) is 0.306. The van der Waals surface area contributed by atoms with Crippen LogP contribution in [0.15, 0.2) is 34.4 Å². The van der Waals surface area contributed by atoms with Gasteiger partial charge in [-0.2, -0.15) is 0 Å². The summed E-state index contributed by atoms with van der Waals surface area (Å²) in [6.45, 7) is 2.39. The van der Waals surface area contributed by atoms with E-state index >= 15 is 0 Å². The Hall–Kier alpha value is -0.940. The molecule has 0 bridgehead atoms. The number of aromatic nitrogens is 1. The van der Waals surface area contributed by atoms with Crippen molar-refractivity contribution in [3.05, 3.63) is 24.5 Å². The third-order valence-corrected chi connectivity index (χ3v) is 4.75. The van der Waals surface area contributed by atoms with E-state index in [4.69, 9.17) is 5.73 Å². The lowest BCUT2D eigenvalue weighted by Crippen LogP contribution is -2.41. The highest BCUT2D eigenvalue weighted by Gasteiger charge is 2.13. The van der Waals surface area contributed by atoms with Gasteiger partial charge in [-0.05, 0) is 31.4 Å². The van der Waals surface area contributed by atoms with Crippen molar-refractivity contribution >= 4 is 40.0 Å². The Morgan fingerprint density at radius 2 is 2.09 bits per heavy atom. The van der Waals surface area contributed by atoms with Gasteiger partial charge in [0, 0.05) is 32.0 Å². The Balaban J connectivity index is 0.00000242. The number of halogens is 1. The zero-order valence-corrected chi connectivity index (χ0v) is 15.5. The molecule has 1 fully saturated rings. The highest BCUT2D eigenvalue weighted by molar-refractivity contribution is 14.0. The molecule has 2 rings (SSSR count). The maximum Gasteiger partial charge on any atom is 0.242 e. The van der Waals surface area contributed by atoms with Crippen molar-refractivity contribution in [1.29, 1.82) is 0 Å². The molecule has 2 heterocycles. The van der Waals surface area contributed by atoms with E-state index in [1.807, 2.05) is 4.90 Å². The molecule has 0 amide bonds. The zero-order chi connectivity index (χ0) is 15.1. The summed E-state index contributed by atoms with van der Waals surface area (Å²) in [6.07, 6.45) is 6.33. The van der Waals surface area contributed by atoms with Gasteiger partial charge in [0.25, 0.3) is 0 Å². The first-order valence-electron chi connectivity index (χ1n) is 7.04. The third kappa shape index (κ3) is 5.69. The fraction of sp³-hybridized carbons (Fsp3) is 0.538. The molecule has 0 saturated carbocycles. The van der Waals surface area contributed by atoms with Crippen molar-refractivity contribution in [1.82, 2.24) is 14.6 Å². The van der Waals surface area contributed by atoms with E-state index in [0.29, 0.717) is 12.5 Å². The first-order valence-corrected chi connectivity index (χ1v) is 8.52. The molecule has 0 radical (unpaired) electrons. The normalized spacial score (nSPS) is 16.2. The van der Waals surface area contributed by atoms with Crippen LogP contribution < -0.4 is 10.5 Å². The summed E-state index contributed by atoms with van der Waals surface area (Å²) in [6, 6.07) is 3.09. The first kappa shape index (κ1) is 19.1. The summed E-state index contributed by atoms with van der Waals surface area (Å²) in [4.78, 5) is 10.2. The van der Waals surface area contributed by atoms with E-state index in [1.165, 1.54) is 24.9 Å². The molecule has 7 nitrogen and oxygen atoms in total. The van der Waals surface area contributed by atoms with E-state index in [1.54, 1.807) is 6.07 Å². The number of sulfonamides is 1.